The molecule has 0 saturated carbocycles. The summed E-state index contributed by atoms with van der Waals surface area (Å²) in [6.07, 6.45) is 6.23. The van der Waals surface area contributed by atoms with Gasteiger partial charge in [0, 0.05) is 18.3 Å². The second-order valence-electron chi connectivity index (χ2n) is 3.72. The van der Waals surface area contributed by atoms with Crippen LogP contribution in [0.25, 0.3) is 0 Å². The van der Waals surface area contributed by atoms with Gasteiger partial charge in [0.2, 0.25) is 0 Å². The van der Waals surface area contributed by atoms with Gasteiger partial charge in [0.05, 0.1) is 18.4 Å². The van der Waals surface area contributed by atoms with Crippen molar-refractivity contribution in [3.63, 3.8) is 0 Å². The molecule has 0 aromatic heterocycles. The van der Waals surface area contributed by atoms with Crippen LogP contribution in [0.15, 0.2) is 35.4 Å². The van der Waals surface area contributed by atoms with Crippen molar-refractivity contribution in [2.75, 3.05) is 7.11 Å². The van der Waals surface area contributed by atoms with Gasteiger partial charge in [0.15, 0.2) is 5.78 Å². The number of ether oxygens (including phenoxy) is 1. The van der Waals surface area contributed by atoms with Crippen LogP contribution in [0.1, 0.15) is 13.8 Å². The molecule has 0 aromatic rings. The molecule has 1 rings (SSSR count). The number of methoxy groups -OCH3 is 1. The van der Waals surface area contributed by atoms with Crippen molar-refractivity contribution < 1.29 is 9.53 Å². The Bertz CT molecular complexity index is 390. The molecular weight excluding hydrogens is 204 g/mol. The molecule has 86 valence electrons. The van der Waals surface area contributed by atoms with Crippen molar-refractivity contribution in [2.45, 2.75) is 13.8 Å². The van der Waals surface area contributed by atoms with Crippen LogP contribution in [0.2, 0.25) is 0 Å². The van der Waals surface area contributed by atoms with Crippen LogP contribution in [0.3, 0.4) is 0 Å². The summed E-state index contributed by atoms with van der Waals surface area (Å²) < 4.78 is 5.01. The third kappa shape index (κ3) is 2.59. The van der Waals surface area contributed by atoms with Gasteiger partial charge in [0.25, 0.3) is 0 Å². The van der Waals surface area contributed by atoms with Crippen molar-refractivity contribution in [1.82, 2.24) is 5.32 Å². The minimum atomic E-state index is -0.118. The van der Waals surface area contributed by atoms with E-state index in [4.69, 9.17) is 10.1 Å². The molecule has 2 N–H and O–H groups in total. The first-order valence-corrected chi connectivity index (χ1v) is 5.08. The largest absolute Gasteiger partial charge is 0.495 e. The van der Waals surface area contributed by atoms with Gasteiger partial charge in [-0.1, -0.05) is 13.8 Å². The second kappa shape index (κ2) is 5.30. The highest BCUT2D eigenvalue weighted by Crippen LogP contribution is 2.13. The van der Waals surface area contributed by atoms with Gasteiger partial charge in [-0.05, 0) is 12.2 Å². The molecule has 0 saturated heterocycles. The SMILES string of the molecule is COC1=CN/C(=C(\C=N)C(=O)C(C)C)C=C1. The summed E-state index contributed by atoms with van der Waals surface area (Å²) in [6, 6.07) is 0. The van der Waals surface area contributed by atoms with E-state index in [1.54, 1.807) is 25.5 Å². The Morgan fingerprint density at radius 1 is 1.50 bits per heavy atom. The molecule has 0 aromatic carbocycles. The maximum atomic E-state index is 11.8. The molecule has 0 fully saturated rings. The van der Waals surface area contributed by atoms with Crippen LogP contribution in [-0.4, -0.2) is 19.1 Å². The average molecular weight is 220 g/mol. The van der Waals surface area contributed by atoms with Crippen molar-refractivity contribution in [3.8, 4) is 0 Å². The first-order chi connectivity index (χ1) is 7.60. The van der Waals surface area contributed by atoms with Crippen LogP contribution in [0, 0.1) is 11.3 Å². The number of ketones is 1. The minimum Gasteiger partial charge on any atom is -0.495 e. The molecular formula is C12H16N2O2. The Labute approximate surface area is 95.2 Å². The van der Waals surface area contributed by atoms with E-state index < -0.39 is 0 Å². The van der Waals surface area contributed by atoms with Gasteiger partial charge >= 0.3 is 0 Å². The zero-order valence-corrected chi connectivity index (χ0v) is 9.70. The number of Topliss-reactive ketones (excluding diaryl/α,β-unsaturated/α-hetero) is 1. The van der Waals surface area contributed by atoms with E-state index >= 15 is 0 Å². The zero-order chi connectivity index (χ0) is 12.1. The van der Waals surface area contributed by atoms with E-state index in [-0.39, 0.29) is 11.7 Å². The Kier molecular flexibility index (Phi) is 4.05. The van der Waals surface area contributed by atoms with E-state index in [1.807, 2.05) is 13.8 Å². The summed E-state index contributed by atoms with van der Waals surface area (Å²) in [7, 11) is 1.57. The van der Waals surface area contributed by atoms with Crippen molar-refractivity contribution in [1.29, 1.82) is 5.41 Å². The van der Waals surface area contributed by atoms with Crippen LogP contribution in [0.5, 0.6) is 0 Å². The van der Waals surface area contributed by atoms with E-state index in [0.717, 1.165) is 6.21 Å². The third-order valence-electron chi connectivity index (χ3n) is 2.24. The lowest BCUT2D eigenvalue weighted by Crippen LogP contribution is -2.19. The highest BCUT2D eigenvalue weighted by Gasteiger charge is 2.16. The van der Waals surface area contributed by atoms with E-state index in [1.165, 1.54) is 0 Å². The van der Waals surface area contributed by atoms with Crippen molar-refractivity contribution >= 4 is 12.0 Å². The molecule has 1 aliphatic rings. The zero-order valence-electron chi connectivity index (χ0n) is 9.70. The lowest BCUT2D eigenvalue weighted by atomic mass is 9.99. The maximum Gasteiger partial charge on any atom is 0.169 e. The number of carbonyl (C=O) groups is 1. The summed E-state index contributed by atoms with van der Waals surface area (Å²) >= 11 is 0. The van der Waals surface area contributed by atoms with Crippen molar-refractivity contribution in [3.05, 3.63) is 35.4 Å². The number of dihydropyridines is 1. The Morgan fingerprint density at radius 2 is 2.19 bits per heavy atom. The molecule has 0 bridgehead atoms. The number of hydrogen-bond donors (Lipinski definition) is 2. The van der Waals surface area contributed by atoms with Crippen LogP contribution in [0.4, 0.5) is 0 Å². The molecule has 4 heteroatoms. The fourth-order valence-electron chi connectivity index (χ4n) is 1.30. The van der Waals surface area contributed by atoms with E-state index in [0.29, 0.717) is 17.0 Å². The smallest absolute Gasteiger partial charge is 0.169 e. The Balaban J connectivity index is 2.97. The molecule has 0 spiro atoms. The van der Waals surface area contributed by atoms with Gasteiger partial charge in [-0.3, -0.25) is 4.79 Å². The van der Waals surface area contributed by atoms with Crippen LogP contribution < -0.4 is 5.32 Å². The summed E-state index contributed by atoms with van der Waals surface area (Å²) in [5, 5.41) is 10.2. The van der Waals surface area contributed by atoms with Crippen molar-refractivity contribution in [2.24, 2.45) is 5.92 Å². The normalized spacial score (nSPS) is 17.6. The number of carbonyl (C=O) groups excluding carboxylic acids is 1. The van der Waals surface area contributed by atoms with Gasteiger partial charge in [-0.25, -0.2) is 0 Å². The standard InChI is InChI=1S/C12H16N2O2/c1-8(2)12(15)10(6-13)11-5-4-9(16-3)7-14-11/h4-8,13-14H,1-3H3/b11-10+,13-6?. The molecule has 1 heterocycles. The molecule has 0 aliphatic carbocycles. The van der Waals surface area contributed by atoms with Gasteiger partial charge in [-0.2, -0.15) is 0 Å². The van der Waals surface area contributed by atoms with Crippen LogP contribution in [-0.2, 0) is 9.53 Å². The van der Waals surface area contributed by atoms with Gasteiger partial charge in [0.1, 0.15) is 5.76 Å². The lowest BCUT2D eigenvalue weighted by molar-refractivity contribution is -0.117. The molecule has 1 aliphatic heterocycles. The fraction of sp³-hybridized carbons (Fsp3) is 0.333. The molecule has 16 heavy (non-hydrogen) atoms. The number of rotatable bonds is 4. The summed E-state index contributed by atoms with van der Waals surface area (Å²) in [4.78, 5) is 11.8. The molecule has 0 atom stereocenters. The minimum absolute atomic E-state index is 0.0450. The Hall–Kier alpha value is -1.84. The number of allylic oxidation sites excluding steroid dienone is 3. The Morgan fingerprint density at radius 3 is 2.56 bits per heavy atom. The highest BCUT2D eigenvalue weighted by atomic mass is 16.5. The number of hydrogen-bond acceptors (Lipinski definition) is 4. The molecule has 0 amide bonds. The van der Waals surface area contributed by atoms with E-state index in [9.17, 15) is 4.79 Å². The molecule has 0 unspecified atom stereocenters. The predicted molar refractivity (Wildman–Crippen MR) is 63.0 cm³/mol. The monoisotopic (exact) mass is 220 g/mol. The van der Waals surface area contributed by atoms with E-state index in [2.05, 4.69) is 5.32 Å². The quantitative estimate of drug-likeness (QED) is 0.560. The molecule has 4 nitrogen and oxygen atoms in total. The van der Waals surface area contributed by atoms with Gasteiger partial charge in [-0.15, -0.1) is 0 Å². The lowest BCUT2D eigenvalue weighted by Gasteiger charge is -2.14. The third-order valence-corrected chi connectivity index (χ3v) is 2.24. The fourth-order valence-corrected chi connectivity index (χ4v) is 1.30. The summed E-state index contributed by atoms with van der Waals surface area (Å²) in [5.41, 5.74) is 1.02. The highest BCUT2D eigenvalue weighted by molar-refractivity contribution is 6.14. The van der Waals surface area contributed by atoms with Crippen LogP contribution >= 0.6 is 0 Å². The van der Waals surface area contributed by atoms with Gasteiger partial charge < -0.3 is 15.5 Å². The average Bonchev–Trinajstić information content (AvgIpc) is 2.30. The number of nitrogens with one attached hydrogen (secondary N) is 2. The first-order valence-electron chi connectivity index (χ1n) is 5.08. The summed E-state index contributed by atoms with van der Waals surface area (Å²) in [6.45, 7) is 3.63. The maximum absolute atomic E-state index is 11.8. The predicted octanol–water partition coefficient (Wildman–Crippen LogP) is 1.76. The molecule has 0 radical (unpaired) electrons. The second-order valence-corrected chi connectivity index (χ2v) is 3.72. The summed E-state index contributed by atoms with van der Waals surface area (Å²) in [5.74, 6) is 0.522. The first kappa shape index (κ1) is 12.2. The topological polar surface area (TPSA) is 62.2 Å².